The molecule has 0 saturated carbocycles. The first-order valence-corrected chi connectivity index (χ1v) is 6.00. The van der Waals surface area contributed by atoms with E-state index in [0.717, 1.165) is 11.2 Å². The first-order chi connectivity index (χ1) is 8.35. The summed E-state index contributed by atoms with van der Waals surface area (Å²) in [6.45, 7) is 0.443. The molecule has 1 aromatic heterocycles. The van der Waals surface area contributed by atoms with Gasteiger partial charge in [0.15, 0.2) is 17.8 Å². The molecule has 2 aromatic rings. The van der Waals surface area contributed by atoms with E-state index in [2.05, 4.69) is 0 Å². The van der Waals surface area contributed by atoms with Crippen LogP contribution in [0.2, 0.25) is 0 Å². The van der Waals surface area contributed by atoms with Crippen LogP contribution in [0.4, 0.5) is 0 Å². The predicted molar refractivity (Wildman–Crippen MR) is 67.0 cm³/mol. The number of para-hydroxylation sites is 1. The molecule has 0 atom stereocenters. The number of hydrogen-bond acceptors (Lipinski definition) is 4. The molecule has 0 radical (unpaired) electrons. The smallest absolute Gasteiger partial charge is 0.172 e. The van der Waals surface area contributed by atoms with Crippen molar-refractivity contribution < 1.29 is 14.3 Å². The third-order valence-corrected chi connectivity index (χ3v) is 3.15. The normalized spacial score (nSPS) is 9.94. The van der Waals surface area contributed by atoms with Crippen LogP contribution < -0.4 is 9.47 Å². The van der Waals surface area contributed by atoms with Crippen LogP contribution in [-0.2, 0) is 6.61 Å². The van der Waals surface area contributed by atoms with Gasteiger partial charge in [-0.2, -0.15) is 0 Å². The van der Waals surface area contributed by atoms with Gasteiger partial charge in [-0.1, -0.05) is 12.1 Å². The van der Waals surface area contributed by atoms with Crippen LogP contribution in [0.25, 0.3) is 0 Å². The standard InChI is InChI=1S/C13H12O3S/c1-15-12-6-2-4-10(8-14)13(12)16-9-11-5-3-7-17-11/h2-8H,9H2,1H3. The molecule has 0 N–H and O–H groups in total. The maximum atomic E-state index is 10.9. The van der Waals surface area contributed by atoms with E-state index in [1.165, 1.54) is 0 Å². The van der Waals surface area contributed by atoms with Crippen LogP contribution in [0.15, 0.2) is 35.7 Å². The first kappa shape index (κ1) is 11.7. The van der Waals surface area contributed by atoms with E-state index >= 15 is 0 Å². The van der Waals surface area contributed by atoms with Gasteiger partial charge in [0.25, 0.3) is 0 Å². The minimum absolute atomic E-state index is 0.443. The SMILES string of the molecule is COc1cccc(C=O)c1OCc1cccs1. The zero-order valence-corrected chi connectivity index (χ0v) is 10.2. The number of carbonyl (C=O) groups is 1. The molecule has 0 amide bonds. The lowest BCUT2D eigenvalue weighted by molar-refractivity contribution is 0.111. The van der Waals surface area contributed by atoms with Crippen LogP contribution >= 0.6 is 11.3 Å². The summed E-state index contributed by atoms with van der Waals surface area (Å²) >= 11 is 1.61. The highest BCUT2D eigenvalue weighted by Crippen LogP contribution is 2.31. The zero-order chi connectivity index (χ0) is 12.1. The summed E-state index contributed by atoms with van der Waals surface area (Å²) in [5.41, 5.74) is 0.501. The second kappa shape index (κ2) is 5.50. The molecule has 0 aliphatic heterocycles. The predicted octanol–water partition coefficient (Wildman–Crippen LogP) is 3.15. The van der Waals surface area contributed by atoms with Crippen molar-refractivity contribution >= 4 is 17.6 Å². The summed E-state index contributed by atoms with van der Waals surface area (Å²) in [7, 11) is 1.56. The summed E-state index contributed by atoms with van der Waals surface area (Å²) in [5.74, 6) is 1.07. The topological polar surface area (TPSA) is 35.5 Å². The highest BCUT2D eigenvalue weighted by atomic mass is 32.1. The number of aldehydes is 1. The van der Waals surface area contributed by atoms with Crippen LogP contribution in [0.5, 0.6) is 11.5 Å². The fourth-order valence-electron chi connectivity index (χ4n) is 1.48. The largest absolute Gasteiger partial charge is 0.493 e. The van der Waals surface area contributed by atoms with E-state index in [9.17, 15) is 4.79 Å². The molecule has 0 aliphatic rings. The van der Waals surface area contributed by atoms with Crippen LogP contribution in [-0.4, -0.2) is 13.4 Å². The minimum Gasteiger partial charge on any atom is -0.493 e. The summed E-state index contributed by atoms with van der Waals surface area (Å²) in [6, 6.07) is 9.20. The third kappa shape index (κ3) is 2.65. The van der Waals surface area contributed by atoms with E-state index in [4.69, 9.17) is 9.47 Å². The number of benzene rings is 1. The molecule has 0 bridgehead atoms. The summed E-state index contributed by atoms with van der Waals surface area (Å²) < 4.78 is 10.8. The maximum absolute atomic E-state index is 10.9. The number of carbonyl (C=O) groups excluding carboxylic acids is 1. The Morgan fingerprint density at radius 2 is 2.18 bits per heavy atom. The van der Waals surface area contributed by atoms with Gasteiger partial charge < -0.3 is 9.47 Å². The highest BCUT2D eigenvalue weighted by Gasteiger charge is 2.10. The van der Waals surface area contributed by atoms with Gasteiger partial charge in [-0.3, -0.25) is 4.79 Å². The maximum Gasteiger partial charge on any atom is 0.172 e. The summed E-state index contributed by atoms with van der Waals surface area (Å²) in [6.07, 6.45) is 0.770. The van der Waals surface area contributed by atoms with Crippen molar-refractivity contribution in [3.8, 4) is 11.5 Å². The van der Waals surface area contributed by atoms with Crippen molar-refractivity contribution in [1.29, 1.82) is 0 Å². The molecule has 17 heavy (non-hydrogen) atoms. The molecule has 1 aromatic carbocycles. The lowest BCUT2D eigenvalue weighted by Crippen LogP contribution is -1.99. The van der Waals surface area contributed by atoms with Crippen LogP contribution in [0.3, 0.4) is 0 Å². The van der Waals surface area contributed by atoms with Crippen molar-refractivity contribution in [1.82, 2.24) is 0 Å². The van der Waals surface area contributed by atoms with E-state index in [0.29, 0.717) is 23.7 Å². The van der Waals surface area contributed by atoms with Gasteiger partial charge in [0, 0.05) is 4.88 Å². The molecule has 0 spiro atoms. The van der Waals surface area contributed by atoms with Crippen molar-refractivity contribution in [2.45, 2.75) is 6.61 Å². The zero-order valence-electron chi connectivity index (χ0n) is 9.38. The fourth-order valence-corrected chi connectivity index (χ4v) is 2.09. The van der Waals surface area contributed by atoms with E-state index in [1.54, 1.807) is 36.6 Å². The van der Waals surface area contributed by atoms with Crippen molar-refractivity contribution in [2.75, 3.05) is 7.11 Å². The van der Waals surface area contributed by atoms with E-state index in [-0.39, 0.29) is 0 Å². The van der Waals surface area contributed by atoms with E-state index in [1.807, 2.05) is 17.5 Å². The number of rotatable bonds is 5. The van der Waals surface area contributed by atoms with Gasteiger partial charge in [0.2, 0.25) is 0 Å². The third-order valence-electron chi connectivity index (χ3n) is 2.30. The van der Waals surface area contributed by atoms with Crippen molar-refractivity contribution in [3.05, 3.63) is 46.2 Å². The number of thiophene rings is 1. The summed E-state index contributed by atoms with van der Waals surface area (Å²) in [4.78, 5) is 12.0. The molecule has 0 saturated heterocycles. The summed E-state index contributed by atoms with van der Waals surface area (Å²) in [5, 5.41) is 1.99. The van der Waals surface area contributed by atoms with Gasteiger partial charge in [-0.25, -0.2) is 0 Å². The van der Waals surface area contributed by atoms with Crippen molar-refractivity contribution in [2.24, 2.45) is 0 Å². The molecule has 2 rings (SSSR count). The second-order valence-electron chi connectivity index (χ2n) is 3.36. The first-order valence-electron chi connectivity index (χ1n) is 5.12. The Morgan fingerprint density at radius 1 is 1.29 bits per heavy atom. The number of hydrogen-bond donors (Lipinski definition) is 0. The molecule has 0 unspecified atom stereocenters. The monoisotopic (exact) mass is 248 g/mol. The Hall–Kier alpha value is -1.81. The Kier molecular flexibility index (Phi) is 3.77. The lowest BCUT2D eigenvalue weighted by atomic mass is 10.2. The molecule has 0 fully saturated rings. The van der Waals surface area contributed by atoms with Gasteiger partial charge in [0.1, 0.15) is 6.61 Å². The van der Waals surface area contributed by atoms with Gasteiger partial charge in [-0.15, -0.1) is 11.3 Å². The van der Waals surface area contributed by atoms with Crippen molar-refractivity contribution in [3.63, 3.8) is 0 Å². The Balaban J connectivity index is 2.21. The number of methoxy groups -OCH3 is 1. The Labute approximate surface area is 104 Å². The molecular formula is C13H12O3S. The van der Waals surface area contributed by atoms with Crippen LogP contribution in [0, 0.1) is 0 Å². The van der Waals surface area contributed by atoms with Gasteiger partial charge in [-0.05, 0) is 23.6 Å². The van der Waals surface area contributed by atoms with Gasteiger partial charge in [0.05, 0.1) is 12.7 Å². The molecule has 88 valence electrons. The quantitative estimate of drug-likeness (QED) is 0.762. The fraction of sp³-hybridized carbons (Fsp3) is 0.154. The molecular weight excluding hydrogens is 236 g/mol. The second-order valence-corrected chi connectivity index (χ2v) is 4.40. The minimum atomic E-state index is 0.443. The highest BCUT2D eigenvalue weighted by molar-refractivity contribution is 7.09. The van der Waals surface area contributed by atoms with E-state index < -0.39 is 0 Å². The molecule has 4 heteroatoms. The molecule has 0 aliphatic carbocycles. The Morgan fingerprint density at radius 3 is 2.82 bits per heavy atom. The van der Waals surface area contributed by atoms with Gasteiger partial charge >= 0.3 is 0 Å². The average Bonchev–Trinajstić information content (AvgIpc) is 2.88. The number of ether oxygens (including phenoxy) is 2. The average molecular weight is 248 g/mol. The van der Waals surface area contributed by atoms with Crippen LogP contribution in [0.1, 0.15) is 15.2 Å². The molecule has 3 nitrogen and oxygen atoms in total. The molecule has 1 heterocycles. The Bertz CT molecular complexity index is 491. The lowest BCUT2D eigenvalue weighted by Gasteiger charge is -2.11.